The summed E-state index contributed by atoms with van der Waals surface area (Å²) in [5, 5.41) is 10.5. The Morgan fingerprint density at radius 3 is 2.66 bits per heavy atom. The Labute approximate surface area is 370 Å². The number of carbonyl (C=O) groups is 4. The number of ether oxygens (including phenoxy) is 2. The van der Waals surface area contributed by atoms with Crippen LogP contribution in [-0.2, 0) is 41.5 Å². The highest BCUT2D eigenvalue weighted by molar-refractivity contribution is 7.10. The fraction of sp³-hybridized carbons (Fsp3) is 0.583. The number of pyridine rings is 1. The van der Waals surface area contributed by atoms with Crippen LogP contribution in [0.3, 0.4) is 0 Å². The normalized spacial score (nSPS) is 24.1. The van der Waals surface area contributed by atoms with Crippen molar-refractivity contribution in [1.82, 2.24) is 35.9 Å². The predicted octanol–water partition coefficient (Wildman–Crippen LogP) is 6.38. The first kappa shape index (κ1) is 45.5. The standard InChI is InChI=1S/C48H65N7O6S/c1-9-30-14-15-31-16-17-32-22-35(31)36(41(30)34-12-10-19-50-42(34)29(4)60-8)24-48(5,6)27-61-47(59)37-13-11-21-55(53-37)46(58)38(23-40-51-39(32)26-62-40)52-44(56)43(28(2)3)54(7)45(57)33-18-20-49-25-33/h10,12,16-17,19,22,26,28-30,33,37-38,43,49,53H,9,11,13-15,18,20-21,23-25,27H2,1-8H3,(H,52,56)/t29-,30?,33+,37-,38-,43-/m0/s1. The van der Waals surface area contributed by atoms with E-state index in [2.05, 4.69) is 61.1 Å². The number of nitrogens with one attached hydrogen (secondary N) is 3. The number of hydrogen-bond acceptors (Lipinski definition) is 11. The summed E-state index contributed by atoms with van der Waals surface area (Å²) < 4.78 is 12.0. The van der Waals surface area contributed by atoms with Crippen molar-refractivity contribution in [2.75, 3.05) is 40.4 Å². The van der Waals surface area contributed by atoms with Crippen LogP contribution in [0.15, 0.2) is 41.9 Å². The van der Waals surface area contributed by atoms with Gasteiger partial charge >= 0.3 is 5.97 Å². The van der Waals surface area contributed by atoms with Crippen LogP contribution in [0.1, 0.15) is 114 Å². The average molecular weight is 868 g/mol. The Kier molecular flexibility index (Phi) is 14.3. The molecule has 0 saturated carbocycles. The summed E-state index contributed by atoms with van der Waals surface area (Å²) >= 11 is 1.45. The van der Waals surface area contributed by atoms with Crippen LogP contribution >= 0.6 is 11.3 Å². The van der Waals surface area contributed by atoms with E-state index in [0.717, 1.165) is 53.9 Å². The van der Waals surface area contributed by atoms with Gasteiger partial charge in [0.15, 0.2) is 0 Å². The van der Waals surface area contributed by atoms with Gasteiger partial charge in [0, 0.05) is 61.8 Å². The average Bonchev–Trinajstić information content (AvgIpc) is 3.96. The molecule has 4 aliphatic rings. The van der Waals surface area contributed by atoms with Crippen molar-refractivity contribution in [2.24, 2.45) is 23.2 Å². The minimum Gasteiger partial charge on any atom is -0.464 e. The van der Waals surface area contributed by atoms with E-state index in [1.165, 1.54) is 33.1 Å². The van der Waals surface area contributed by atoms with Gasteiger partial charge in [0.2, 0.25) is 11.8 Å². The molecule has 13 nitrogen and oxygen atoms in total. The Balaban J connectivity index is 1.32. The maximum Gasteiger partial charge on any atom is 0.324 e. The van der Waals surface area contributed by atoms with Crippen molar-refractivity contribution in [2.45, 2.75) is 117 Å². The number of allylic oxidation sites excluding steroid dienone is 2. The van der Waals surface area contributed by atoms with Crippen LogP contribution < -0.4 is 16.1 Å². The van der Waals surface area contributed by atoms with E-state index in [4.69, 9.17) is 19.4 Å². The van der Waals surface area contributed by atoms with Crippen molar-refractivity contribution >= 4 is 46.2 Å². The number of esters is 1. The van der Waals surface area contributed by atoms with E-state index < -0.39 is 35.4 Å². The molecule has 2 saturated heterocycles. The Bertz CT molecular complexity index is 2160. The third kappa shape index (κ3) is 9.83. The van der Waals surface area contributed by atoms with E-state index in [1.807, 2.05) is 38.4 Å². The Hall–Kier alpha value is -4.50. The van der Waals surface area contributed by atoms with Crippen LogP contribution in [0.2, 0.25) is 0 Å². The van der Waals surface area contributed by atoms with Gasteiger partial charge in [-0.05, 0) is 105 Å². The van der Waals surface area contributed by atoms with Gasteiger partial charge in [-0.2, -0.15) is 0 Å². The molecule has 3 aromatic rings. The summed E-state index contributed by atoms with van der Waals surface area (Å²) in [5.41, 5.74) is 11.3. The number of nitrogens with zero attached hydrogens (tertiary/aromatic N) is 4. The molecular formula is C48H65N7O6S. The molecule has 2 fully saturated rings. The molecule has 14 heteroatoms. The number of thiazole rings is 1. The minimum absolute atomic E-state index is 0.0896. The number of hydrazine groups is 1. The molecule has 3 N–H and O–H groups in total. The second-order valence-corrected chi connectivity index (χ2v) is 19.6. The molecule has 334 valence electrons. The molecule has 1 unspecified atom stereocenters. The van der Waals surface area contributed by atoms with Crippen molar-refractivity contribution in [3.63, 3.8) is 0 Å². The second-order valence-electron chi connectivity index (χ2n) is 18.7. The predicted molar refractivity (Wildman–Crippen MR) is 241 cm³/mol. The molecule has 5 heterocycles. The maximum atomic E-state index is 14.6. The number of hydrogen-bond donors (Lipinski definition) is 3. The summed E-state index contributed by atoms with van der Waals surface area (Å²) in [6, 6.07) is 8.24. The fourth-order valence-electron chi connectivity index (χ4n) is 9.75. The number of rotatable bonds is 9. The molecule has 62 heavy (non-hydrogen) atoms. The van der Waals surface area contributed by atoms with Crippen molar-refractivity contribution in [3.05, 3.63) is 69.3 Å². The number of aryl methyl sites for hydroxylation is 1. The largest absolute Gasteiger partial charge is 0.464 e. The fourth-order valence-corrected chi connectivity index (χ4v) is 10.6. The van der Waals surface area contributed by atoms with Gasteiger partial charge in [-0.15, -0.1) is 11.3 Å². The van der Waals surface area contributed by atoms with Gasteiger partial charge in [-0.25, -0.2) is 10.4 Å². The van der Waals surface area contributed by atoms with Gasteiger partial charge in [-0.1, -0.05) is 52.8 Å². The van der Waals surface area contributed by atoms with Gasteiger partial charge < -0.3 is 25.0 Å². The van der Waals surface area contributed by atoms with Crippen molar-refractivity contribution < 1.29 is 28.7 Å². The van der Waals surface area contributed by atoms with Crippen molar-refractivity contribution in [3.8, 4) is 11.3 Å². The highest BCUT2D eigenvalue weighted by atomic mass is 32.1. The monoisotopic (exact) mass is 867 g/mol. The smallest absolute Gasteiger partial charge is 0.324 e. The zero-order chi connectivity index (χ0) is 44.3. The number of aromatic nitrogens is 2. The van der Waals surface area contributed by atoms with Crippen molar-refractivity contribution in [1.29, 1.82) is 0 Å². The third-order valence-electron chi connectivity index (χ3n) is 13.2. The highest BCUT2D eigenvalue weighted by Gasteiger charge is 2.39. The van der Waals surface area contributed by atoms with Crippen LogP contribution in [0.5, 0.6) is 0 Å². The van der Waals surface area contributed by atoms with Crippen LogP contribution in [0.4, 0.5) is 0 Å². The van der Waals surface area contributed by atoms with Gasteiger partial charge in [0.1, 0.15) is 18.1 Å². The van der Waals surface area contributed by atoms with E-state index >= 15 is 0 Å². The lowest BCUT2D eigenvalue weighted by atomic mass is 9.76. The number of methoxy groups -OCH3 is 1. The number of fused-ring (bicyclic) bond motifs is 6. The molecule has 7 rings (SSSR count). The Morgan fingerprint density at radius 2 is 1.94 bits per heavy atom. The molecule has 3 amide bonds. The van der Waals surface area contributed by atoms with E-state index in [0.29, 0.717) is 43.8 Å². The lowest BCUT2D eigenvalue weighted by molar-refractivity contribution is -0.155. The molecule has 6 atom stereocenters. The van der Waals surface area contributed by atoms with Crippen LogP contribution in [0, 0.1) is 23.2 Å². The second kappa shape index (κ2) is 19.5. The molecule has 3 aliphatic heterocycles. The van der Waals surface area contributed by atoms with Gasteiger partial charge in [0.05, 0.1) is 35.0 Å². The zero-order valence-corrected chi connectivity index (χ0v) is 38.5. The lowest BCUT2D eigenvalue weighted by Gasteiger charge is -2.37. The number of benzene rings is 1. The SMILES string of the molecule is CCC1CCc2ccc3cc2C(=C1c1cccnc1[C@H](C)OC)CC(C)(C)COC(=O)[C@@H]1CCCN(N1)C(=O)[C@@H](NC(=O)[C@H](C(C)C)N(C)C(=O)[C@@H]1CCNC1)Cc1nc-3cs1. The number of carbonyl (C=O) groups excluding carboxylic acids is 4. The quantitative estimate of drug-likeness (QED) is 0.207. The summed E-state index contributed by atoms with van der Waals surface area (Å²) in [6.45, 7) is 14.3. The third-order valence-corrected chi connectivity index (χ3v) is 14.1. The first-order valence-electron chi connectivity index (χ1n) is 22.5. The summed E-state index contributed by atoms with van der Waals surface area (Å²) in [5.74, 6) is -1.46. The lowest BCUT2D eigenvalue weighted by Crippen LogP contribution is -2.62. The molecule has 0 spiro atoms. The van der Waals surface area contributed by atoms with Crippen LogP contribution in [0.25, 0.3) is 22.4 Å². The summed E-state index contributed by atoms with van der Waals surface area (Å²) in [4.78, 5) is 67.9. The zero-order valence-electron chi connectivity index (χ0n) is 37.7. The molecule has 2 aromatic heterocycles. The first-order valence-corrected chi connectivity index (χ1v) is 23.4. The Morgan fingerprint density at radius 1 is 1.13 bits per heavy atom. The van der Waals surface area contributed by atoms with Crippen LogP contribution in [-0.4, -0.2) is 102 Å². The molecule has 0 radical (unpaired) electrons. The molecule has 6 bridgehead atoms. The molecule has 1 aromatic carbocycles. The maximum absolute atomic E-state index is 14.6. The molecule has 1 aliphatic carbocycles. The van der Waals surface area contributed by atoms with E-state index in [9.17, 15) is 19.2 Å². The first-order chi connectivity index (χ1) is 29.7. The van der Waals surface area contributed by atoms with E-state index in [-0.39, 0.29) is 48.7 Å². The summed E-state index contributed by atoms with van der Waals surface area (Å²) in [6.07, 6.45) is 6.99. The summed E-state index contributed by atoms with van der Waals surface area (Å²) in [7, 11) is 3.39. The van der Waals surface area contributed by atoms with E-state index in [1.54, 1.807) is 19.1 Å². The highest BCUT2D eigenvalue weighted by Crippen LogP contribution is 2.47. The molecular weight excluding hydrogens is 803 g/mol. The number of amides is 3. The number of cyclic esters (lactones) is 1. The topological polar surface area (TPSA) is 155 Å². The minimum atomic E-state index is -1.02. The van der Waals surface area contributed by atoms with Gasteiger partial charge in [0.25, 0.3) is 5.91 Å². The number of likely N-dealkylation sites (N-methyl/N-ethyl adjacent to an activating group) is 1. The van der Waals surface area contributed by atoms with Gasteiger partial charge in [-0.3, -0.25) is 29.2 Å².